The molecule has 9 heteroatoms. The van der Waals surface area contributed by atoms with Crippen LogP contribution < -0.4 is 5.56 Å². The zero-order valence-electron chi connectivity index (χ0n) is 17.1. The summed E-state index contributed by atoms with van der Waals surface area (Å²) in [6.45, 7) is 1.78. The highest BCUT2D eigenvalue weighted by Crippen LogP contribution is 2.35. The quantitative estimate of drug-likeness (QED) is 0.221. The zero-order valence-corrected chi connectivity index (χ0v) is 21.0. The van der Waals surface area contributed by atoms with Gasteiger partial charge < -0.3 is 4.90 Å². The van der Waals surface area contributed by atoms with Crippen molar-refractivity contribution < 1.29 is 0 Å². The highest BCUT2D eigenvalue weighted by atomic mass is 35.5. The van der Waals surface area contributed by atoms with Crippen LogP contribution >= 0.6 is 57.9 Å². The minimum atomic E-state index is -0.0379. The van der Waals surface area contributed by atoms with Gasteiger partial charge in [0, 0.05) is 38.8 Å². The molecule has 0 unspecified atom stereocenters. The normalized spacial score (nSPS) is 14.1. The minimum Gasteiger partial charge on any atom is -0.301 e. The van der Waals surface area contributed by atoms with Crippen molar-refractivity contribution in [3.8, 4) is 5.69 Å². The van der Waals surface area contributed by atoms with Crippen LogP contribution in [0.4, 0.5) is 0 Å². The molecule has 1 aliphatic heterocycles. The topological polar surface area (TPSA) is 38.1 Å². The molecule has 0 spiro atoms. The summed E-state index contributed by atoms with van der Waals surface area (Å²) in [5.74, 6) is 0.565. The van der Waals surface area contributed by atoms with Crippen LogP contribution in [-0.2, 0) is 18.7 Å². The number of hydrogen-bond donors (Lipinski definition) is 0. The fourth-order valence-electron chi connectivity index (χ4n) is 3.85. The highest BCUT2D eigenvalue weighted by Gasteiger charge is 2.24. The highest BCUT2D eigenvalue weighted by molar-refractivity contribution is 7.98. The first-order valence-corrected chi connectivity index (χ1v) is 12.9. The number of rotatable bonds is 4. The summed E-state index contributed by atoms with van der Waals surface area (Å²) in [4.78, 5) is 23.0. The second kappa shape index (κ2) is 9.01. The van der Waals surface area contributed by atoms with Gasteiger partial charge in [-0.3, -0.25) is 9.36 Å². The summed E-state index contributed by atoms with van der Waals surface area (Å²) in [6.07, 6.45) is 0.857. The van der Waals surface area contributed by atoms with E-state index < -0.39 is 0 Å². The molecule has 2 aromatic heterocycles. The maximum atomic E-state index is 13.8. The Balaban J connectivity index is 1.65. The lowest BCUT2D eigenvalue weighted by Gasteiger charge is -2.21. The first-order chi connectivity index (χ1) is 15.4. The van der Waals surface area contributed by atoms with Crippen molar-refractivity contribution in [1.82, 2.24) is 14.5 Å². The van der Waals surface area contributed by atoms with Crippen LogP contribution in [0, 0.1) is 0 Å². The molecule has 0 saturated heterocycles. The lowest BCUT2D eigenvalue weighted by Crippen LogP contribution is -2.27. The van der Waals surface area contributed by atoms with Crippen LogP contribution in [0.3, 0.4) is 0 Å². The molecule has 1 aliphatic rings. The summed E-state index contributed by atoms with van der Waals surface area (Å²) in [7, 11) is 2.10. The summed E-state index contributed by atoms with van der Waals surface area (Å²) in [5.41, 5.74) is 2.78. The van der Waals surface area contributed by atoms with E-state index in [-0.39, 0.29) is 5.56 Å². The van der Waals surface area contributed by atoms with E-state index >= 15 is 0 Å². The van der Waals surface area contributed by atoms with Gasteiger partial charge in [0.25, 0.3) is 5.56 Å². The van der Waals surface area contributed by atoms with Crippen LogP contribution in [0.1, 0.15) is 16.0 Å². The number of fused-ring (bicyclic) bond motifs is 3. The number of halogens is 3. The predicted octanol–water partition coefficient (Wildman–Crippen LogP) is 6.69. The molecule has 0 aliphatic carbocycles. The van der Waals surface area contributed by atoms with Gasteiger partial charge in [0.05, 0.1) is 11.1 Å². The number of aromatic nitrogens is 2. The summed E-state index contributed by atoms with van der Waals surface area (Å²) < 4.78 is 1.69. The maximum Gasteiger partial charge on any atom is 0.267 e. The Morgan fingerprint density at radius 1 is 1.09 bits per heavy atom. The predicted molar refractivity (Wildman–Crippen MR) is 136 cm³/mol. The molecule has 0 N–H and O–H groups in total. The van der Waals surface area contributed by atoms with Crippen LogP contribution in [0.15, 0.2) is 52.4 Å². The zero-order chi connectivity index (χ0) is 22.4. The average Bonchev–Trinajstić information content (AvgIpc) is 3.11. The summed E-state index contributed by atoms with van der Waals surface area (Å²) in [5, 5.41) is 3.18. The first-order valence-electron chi connectivity index (χ1n) is 9.99. The van der Waals surface area contributed by atoms with Crippen molar-refractivity contribution in [1.29, 1.82) is 0 Å². The molecule has 4 aromatic rings. The third kappa shape index (κ3) is 4.20. The largest absolute Gasteiger partial charge is 0.301 e. The Bertz CT molecular complexity index is 1380. The minimum absolute atomic E-state index is 0.0379. The standard InChI is InChI=1S/C23H18Cl3N3OS2/c1-28-9-8-17-19(11-28)32-21-20(17)22(30)29(16-6-4-14(24)5-7-16)23(27-21)31-12-13-2-3-15(25)10-18(13)26/h2-7,10H,8-9,11-12H2,1H3. The molecule has 2 aromatic carbocycles. The number of thioether (sulfide) groups is 1. The van der Waals surface area contributed by atoms with E-state index in [0.29, 0.717) is 26.0 Å². The molecule has 0 bridgehead atoms. The molecule has 164 valence electrons. The van der Waals surface area contributed by atoms with Gasteiger partial charge in [-0.2, -0.15) is 0 Å². The van der Waals surface area contributed by atoms with E-state index in [2.05, 4.69) is 11.9 Å². The second-order valence-electron chi connectivity index (χ2n) is 7.71. The van der Waals surface area contributed by atoms with Gasteiger partial charge in [-0.15, -0.1) is 11.3 Å². The van der Waals surface area contributed by atoms with Crippen molar-refractivity contribution in [2.45, 2.75) is 23.9 Å². The fraction of sp³-hybridized carbons (Fsp3) is 0.217. The Hall–Kier alpha value is -1.54. The molecule has 32 heavy (non-hydrogen) atoms. The molecule has 0 atom stereocenters. The average molecular weight is 523 g/mol. The number of likely N-dealkylation sites (N-methyl/N-ethyl adjacent to an activating group) is 1. The molecule has 0 amide bonds. The van der Waals surface area contributed by atoms with Gasteiger partial charge in [0.15, 0.2) is 5.16 Å². The van der Waals surface area contributed by atoms with Crippen LogP contribution in [0.5, 0.6) is 0 Å². The number of benzene rings is 2. The van der Waals surface area contributed by atoms with E-state index in [9.17, 15) is 4.79 Å². The molecular formula is C23H18Cl3N3OS2. The van der Waals surface area contributed by atoms with Gasteiger partial charge in [-0.25, -0.2) is 4.98 Å². The van der Waals surface area contributed by atoms with Crippen LogP contribution in [0.2, 0.25) is 15.1 Å². The Morgan fingerprint density at radius 2 is 1.84 bits per heavy atom. The Morgan fingerprint density at radius 3 is 2.59 bits per heavy atom. The SMILES string of the molecule is CN1CCc2c(sc3nc(SCc4ccc(Cl)cc4Cl)n(-c4ccc(Cl)cc4)c(=O)c23)C1. The fourth-order valence-corrected chi connectivity index (χ4v) is 6.89. The maximum absolute atomic E-state index is 13.8. The van der Waals surface area contributed by atoms with Gasteiger partial charge in [0.1, 0.15) is 4.83 Å². The molecule has 0 fully saturated rings. The molecule has 3 heterocycles. The van der Waals surface area contributed by atoms with Crippen molar-refractivity contribution in [2.75, 3.05) is 13.6 Å². The van der Waals surface area contributed by atoms with Gasteiger partial charge >= 0.3 is 0 Å². The van der Waals surface area contributed by atoms with E-state index in [1.807, 2.05) is 24.3 Å². The lowest BCUT2D eigenvalue weighted by molar-refractivity contribution is 0.318. The number of nitrogens with zero attached hydrogens (tertiary/aromatic N) is 3. The van der Waals surface area contributed by atoms with Crippen molar-refractivity contribution >= 4 is 68.1 Å². The third-order valence-corrected chi connectivity index (χ3v) is 8.43. The Kier molecular flexibility index (Phi) is 6.27. The number of hydrogen-bond acceptors (Lipinski definition) is 5. The van der Waals surface area contributed by atoms with Crippen LogP contribution in [-0.4, -0.2) is 28.0 Å². The smallest absolute Gasteiger partial charge is 0.267 e. The molecule has 0 saturated carbocycles. The van der Waals surface area contributed by atoms with E-state index in [4.69, 9.17) is 39.8 Å². The van der Waals surface area contributed by atoms with Crippen molar-refractivity contribution in [3.05, 3.63) is 83.9 Å². The van der Waals surface area contributed by atoms with E-state index in [0.717, 1.165) is 46.5 Å². The van der Waals surface area contributed by atoms with E-state index in [1.165, 1.54) is 16.6 Å². The molecule has 5 rings (SSSR count). The Labute approximate surface area is 208 Å². The second-order valence-corrected chi connectivity index (χ2v) is 11.0. The van der Waals surface area contributed by atoms with Gasteiger partial charge in [-0.05, 0) is 61.0 Å². The van der Waals surface area contributed by atoms with Crippen LogP contribution in [0.25, 0.3) is 15.9 Å². The lowest BCUT2D eigenvalue weighted by atomic mass is 10.1. The summed E-state index contributed by atoms with van der Waals surface area (Å²) in [6, 6.07) is 12.7. The first kappa shape index (κ1) is 22.3. The monoisotopic (exact) mass is 521 g/mol. The molecule has 0 radical (unpaired) electrons. The van der Waals surface area contributed by atoms with Crippen molar-refractivity contribution in [2.24, 2.45) is 0 Å². The number of thiophene rings is 1. The van der Waals surface area contributed by atoms with Crippen molar-refractivity contribution in [3.63, 3.8) is 0 Å². The third-order valence-electron chi connectivity index (χ3n) is 5.49. The summed E-state index contributed by atoms with van der Waals surface area (Å²) >= 11 is 21.6. The molecular weight excluding hydrogens is 505 g/mol. The van der Waals surface area contributed by atoms with Gasteiger partial charge in [0.2, 0.25) is 0 Å². The molecule has 4 nitrogen and oxygen atoms in total. The van der Waals surface area contributed by atoms with Gasteiger partial charge in [-0.1, -0.05) is 52.6 Å². The van der Waals surface area contributed by atoms with E-state index in [1.54, 1.807) is 34.1 Å².